The Bertz CT molecular complexity index is 983. The molecule has 7 heteroatoms. The molecule has 3 nitrogen and oxygen atoms in total. The Hall–Kier alpha value is -2.74. The summed E-state index contributed by atoms with van der Waals surface area (Å²) < 4.78 is 75.1. The Morgan fingerprint density at radius 2 is 1.06 bits per heavy atom. The van der Waals surface area contributed by atoms with Crippen LogP contribution in [-0.2, 0) is 34.0 Å². The summed E-state index contributed by atoms with van der Waals surface area (Å²) in [5.41, 5.74) is -1.41. The van der Waals surface area contributed by atoms with E-state index >= 15 is 4.39 Å². The van der Waals surface area contributed by atoms with Gasteiger partial charge in [-0.15, -0.1) is 0 Å². The van der Waals surface area contributed by atoms with E-state index in [-0.39, 0.29) is 26.4 Å². The van der Waals surface area contributed by atoms with Crippen molar-refractivity contribution in [2.75, 3.05) is 6.61 Å². The number of hydrogen-bond acceptors (Lipinski definition) is 3. The molecule has 0 aliphatic heterocycles. The summed E-state index contributed by atoms with van der Waals surface area (Å²) in [6.07, 6.45) is -9.22. The maximum absolute atomic E-state index is 15.7. The number of hydrogen-bond donors (Lipinski definition) is 0. The first kappa shape index (κ1) is 26.9. The number of rotatable bonds is 13. The Labute approximate surface area is 203 Å². The first-order valence-electron chi connectivity index (χ1n) is 11.5. The van der Waals surface area contributed by atoms with Crippen LogP contribution in [-0.4, -0.2) is 30.7 Å². The van der Waals surface area contributed by atoms with Gasteiger partial charge in [-0.25, -0.2) is 4.39 Å². The quantitative estimate of drug-likeness (QED) is 0.240. The lowest BCUT2D eigenvalue weighted by Gasteiger charge is -2.38. The fourth-order valence-electron chi connectivity index (χ4n) is 3.72. The zero-order chi connectivity index (χ0) is 25.2. The Morgan fingerprint density at radius 3 is 1.49 bits per heavy atom. The van der Waals surface area contributed by atoms with Crippen molar-refractivity contribution >= 4 is 0 Å². The molecule has 0 amide bonds. The van der Waals surface area contributed by atoms with Gasteiger partial charge in [0.1, 0.15) is 12.2 Å². The van der Waals surface area contributed by atoms with Crippen LogP contribution in [0.25, 0.3) is 0 Å². The van der Waals surface area contributed by atoms with E-state index in [4.69, 9.17) is 14.2 Å². The van der Waals surface area contributed by atoms with Crippen molar-refractivity contribution in [1.29, 1.82) is 0 Å². The number of alkyl halides is 4. The van der Waals surface area contributed by atoms with Crippen molar-refractivity contribution in [2.24, 2.45) is 0 Å². The molecule has 3 rings (SSSR count). The summed E-state index contributed by atoms with van der Waals surface area (Å²) in [4.78, 5) is 0. The molecule has 0 bridgehead atoms. The summed E-state index contributed by atoms with van der Waals surface area (Å²) in [5.74, 6) is 0. The third-order valence-corrected chi connectivity index (χ3v) is 5.75. The molecule has 35 heavy (non-hydrogen) atoms. The van der Waals surface area contributed by atoms with E-state index in [0.29, 0.717) is 5.56 Å². The largest absolute Gasteiger partial charge is 0.425 e. The van der Waals surface area contributed by atoms with Crippen LogP contribution in [0.1, 0.15) is 30.0 Å². The standard InChI is InChI=1S/C28H30F4O3/c1-2-27(29,28(30,31)32)26(35-20-24-16-10-5-11-17-24)25(34-19-23-14-8-4-9-15-23)21-33-18-22-12-6-3-7-13-22/h3-17,25-26H,2,18-21H2,1H3/t25-,26-,27-/m1/s1. The smallest absolute Gasteiger partial charge is 0.374 e. The molecule has 0 aromatic heterocycles. The molecule has 0 unspecified atom stereocenters. The molecule has 0 N–H and O–H groups in total. The van der Waals surface area contributed by atoms with E-state index in [1.54, 1.807) is 54.6 Å². The average Bonchev–Trinajstić information content (AvgIpc) is 2.87. The molecular weight excluding hydrogens is 460 g/mol. The molecule has 3 aromatic rings. The van der Waals surface area contributed by atoms with Gasteiger partial charge in [0.2, 0.25) is 5.67 Å². The minimum atomic E-state index is -5.16. The maximum atomic E-state index is 15.7. The van der Waals surface area contributed by atoms with E-state index in [9.17, 15) is 13.2 Å². The Morgan fingerprint density at radius 1 is 0.629 bits per heavy atom. The van der Waals surface area contributed by atoms with Crippen molar-refractivity contribution in [3.05, 3.63) is 108 Å². The predicted octanol–water partition coefficient (Wildman–Crippen LogP) is 7.05. The molecule has 0 saturated carbocycles. The third kappa shape index (κ3) is 7.62. The van der Waals surface area contributed by atoms with Gasteiger partial charge in [-0.05, 0) is 23.1 Å². The molecule has 0 fully saturated rings. The normalized spacial score (nSPS) is 15.3. The van der Waals surface area contributed by atoms with E-state index in [1.165, 1.54) is 0 Å². The minimum Gasteiger partial charge on any atom is -0.374 e. The van der Waals surface area contributed by atoms with Gasteiger partial charge >= 0.3 is 6.18 Å². The fraction of sp³-hybridized carbons (Fsp3) is 0.357. The van der Waals surface area contributed by atoms with E-state index in [0.717, 1.165) is 18.1 Å². The van der Waals surface area contributed by atoms with Crippen molar-refractivity contribution in [3.63, 3.8) is 0 Å². The Balaban J connectivity index is 1.85. The van der Waals surface area contributed by atoms with Crippen LogP contribution >= 0.6 is 0 Å². The summed E-state index contributed by atoms with van der Waals surface area (Å²) in [6, 6.07) is 26.9. The summed E-state index contributed by atoms with van der Waals surface area (Å²) in [6.45, 7) is 0.823. The highest BCUT2D eigenvalue weighted by atomic mass is 19.4. The summed E-state index contributed by atoms with van der Waals surface area (Å²) >= 11 is 0. The summed E-state index contributed by atoms with van der Waals surface area (Å²) in [7, 11) is 0. The second-order valence-corrected chi connectivity index (χ2v) is 8.27. The lowest BCUT2D eigenvalue weighted by Crippen LogP contribution is -2.57. The van der Waals surface area contributed by atoms with Gasteiger partial charge in [0.15, 0.2) is 0 Å². The monoisotopic (exact) mass is 490 g/mol. The van der Waals surface area contributed by atoms with Gasteiger partial charge in [-0.2, -0.15) is 13.2 Å². The molecule has 0 saturated heterocycles. The van der Waals surface area contributed by atoms with Gasteiger partial charge in [-0.1, -0.05) is 97.9 Å². The van der Waals surface area contributed by atoms with Crippen molar-refractivity contribution < 1.29 is 31.8 Å². The lowest BCUT2D eigenvalue weighted by atomic mass is 9.90. The number of ether oxygens (including phenoxy) is 3. The predicted molar refractivity (Wildman–Crippen MR) is 126 cm³/mol. The van der Waals surface area contributed by atoms with E-state index in [2.05, 4.69) is 0 Å². The Kier molecular flexibility index (Phi) is 9.83. The SMILES string of the molecule is CC[C@@](F)([C@H](OCc1ccccc1)[C@@H](COCc1ccccc1)OCc1ccccc1)C(F)(F)F. The van der Waals surface area contributed by atoms with Crippen LogP contribution in [0.3, 0.4) is 0 Å². The minimum absolute atomic E-state index is 0.0109. The van der Waals surface area contributed by atoms with Crippen molar-refractivity contribution in [2.45, 2.75) is 57.2 Å². The molecule has 3 atom stereocenters. The molecule has 188 valence electrons. The van der Waals surface area contributed by atoms with Gasteiger partial charge in [0.25, 0.3) is 0 Å². The first-order chi connectivity index (χ1) is 16.8. The summed E-state index contributed by atoms with van der Waals surface area (Å²) in [5, 5.41) is 0. The lowest BCUT2D eigenvalue weighted by molar-refractivity contribution is -0.289. The molecule has 0 aliphatic rings. The van der Waals surface area contributed by atoms with Crippen LogP contribution in [0, 0.1) is 0 Å². The van der Waals surface area contributed by atoms with Gasteiger partial charge in [0.05, 0.1) is 26.4 Å². The van der Waals surface area contributed by atoms with Crippen LogP contribution in [0.2, 0.25) is 0 Å². The van der Waals surface area contributed by atoms with Crippen LogP contribution in [0.15, 0.2) is 91.0 Å². The molecule has 3 aromatic carbocycles. The second-order valence-electron chi connectivity index (χ2n) is 8.27. The van der Waals surface area contributed by atoms with Crippen molar-refractivity contribution in [3.8, 4) is 0 Å². The topological polar surface area (TPSA) is 27.7 Å². The highest BCUT2D eigenvalue weighted by Gasteiger charge is 2.62. The van der Waals surface area contributed by atoms with Gasteiger partial charge < -0.3 is 14.2 Å². The highest BCUT2D eigenvalue weighted by molar-refractivity contribution is 5.15. The fourth-order valence-corrected chi connectivity index (χ4v) is 3.72. The van der Waals surface area contributed by atoms with E-state index < -0.39 is 30.5 Å². The van der Waals surface area contributed by atoms with Crippen molar-refractivity contribution in [1.82, 2.24) is 0 Å². The molecule has 0 radical (unpaired) electrons. The zero-order valence-corrected chi connectivity index (χ0v) is 19.6. The molecule has 0 spiro atoms. The third-order valence-electron chi connectivity index (χ3n) is 5.75. The zero-order valence-electron chi connectivity index (χ0n) is 19.6. The van der Waals surface area contributed by atoms with Crippen LogP contribution in [0.4, 0.5) is 17.6 Å². The average molecular weight is 491 g/mol. The van der Waals surface area contributed by atoms with Gasteiger partial charge in [-0.3, -0.25) is 0 Å². The first-order valence-corrected chi connectivity index (χ1v) is 11.5. The van der Waals surface area contributed by atoms with Crippen LogP contribution < -0.4 is 0 Å². The molecule has 0 aliphatic carbocycles. The highest BCUT2D eigenvalue weighted by Crippen LogP contribution is 2.42. The molecule has 0 heterocycles. The maximum Gasteiger partial charge on any atom is 0.425 e. The number of benzene rings is 3. The number of halogens is 4. The van der Waals surface area contributed by atoms with Gasteiger partial charge in [0, 0.05) is 0 Å². The molecular formula is C28H30F4O3. The van der Waals surface area contributed by atoms with Crippen LogP contribution in [0.5, 0.6) is 0 Å². The second kappa shape index (κ2) is 12.8. The van der Waals surface area contributed by atoms with E-state index in [1.807, 2.05) is 36.4 Å².